The Morgan fingerprint density at radius 2 is 1.60 bits per heavy atom. The Bertz CT molecular complexity index is 4300. The number of anilines is 2. The fourth-order valence-corrected chi connectivity index (χ4v) is 17.8. The quantitative estimate of drug-likeness (QED) is 0.0156. The van der Waals surface area contributed by atoms with Gasteiger partial charge in [-0.1, -0.05) is 49.4 Å². The summed E-state index contributed by atoms with van der Waals surface area (Å²) in [4.78, 5) is 103. The van der Waals surface area contributed by atoms with E-state index in [4.69, 9.17) is 38.5 Å². The van der Waals surface area contributed by atoms with Crippen molar-refractivity contribution in [3.8, 4) is 22.6 Å². The Morgan fingerprint density at radius 1 is 0.833 bits per heavy atom. The molecule has 6 aromatic rings. The first-order valence-electron chi connectivity index (χ1n) is 33.6. The lowest BCUT2D eigenvalue weighted by Gasteiger charge is -2.69. The van der Waals surface area contributed by atoms with Crippen molar-refractivity contribution >= 4 is 84.3 Å². The maximum absolute atomic E-state index is 14.3. The number of fused-ring (bicyclic) bond motifs is 2. The number of aliphatic hydroxyl groups excluding tert-OH is 3. The summed E-state index contributed by atoms with van der Waals surface area (Å²) in [7, 11) is -4.44. The number of hydrogen-bond donors (Lipinski definition) is 8. The molecule has 5 amide bonds. The van der Waals surface area contributed by atoms with E-state index in [9.17, 15) is 72.1 Å². The van der Waals surface area contributed by atoms with Gasteiger partial charge in [-0.2, -0.15) is 13.5 Å². The Labute approximate surface area is 590 Å². The van der Waals surface area contributed by atoms with E-state index in [-0.39, 0.29) is 110 Å². The van der Waals surface area contributed by atoms with Crippen LogP contribution in [0.2, 0.25) is 0 Å². The molecule has 8 N–H and O–H groups in total. The van der Waals surface area contributed by atoms with Gasteiger partial charge < -0.3 is 69.1 Å². The van der Waals surface area contributed by atoms with E-state index < -0.39 is 94.5 Å². The monoisotopic (exact) mass is 1450 g/mol. The predicted molar refractivity (Wildman–Crippen MR) is 365 cm³/mol. The first kappa shape index (κ1) is 72.8. The molecule has 2 unspecified atom stereocenters. The normalized spacial score (nSPS) is 25.0. The second-order valence-corrected chi connectivity index (χ2v) is 30.6. The van der Waals surface area contributed by atoms with Gasteiger partial charge in [-0.25, -0.2) is 24.4 Å². The summed E-state index contributed by atoms with van der Waals surface area (Å²) < 4.78 is 72.2. The molecule has 32 heteroatoms. The van der Waals surface area contributed by atoms with Crippen LogP contribution in [0.3, 0.4) is 0 Å². The zero-order chi connectivity index (χ0) is 72.5. The Balaban J connectivity index is 0.701. The smallest absolute Gasteiger partial charge is 0.410 e. The van der Waals surface area contributed by atoms with Gasteiger partial charge in [0.25, 0.3) is 27.8 Å². The van der Waals surface area contributed by atoms with Crippen molar-refractivity contribution in [2.45, 2.75) is 135 Å². The summed E-state index contributed by atoms with van der Waals surface area (Å²) >= 11 is 1.39. The number of imide groups is 1. The molecule has 13 rings (SSSR count). The number of benzene rings is 3. The lowest BCUT2D eigenvalue weighted by molar-refractivity contribution is -0.271. The number of amides is 5. The molecule has 544 valence electrons. The number of nitrogens with zero attached hydrogens (tertiary/aromatic N) is 7. The molecule has 3 aromatic carbocycles. The van der Waals surface area contributed by atoms with Gasteiger partial charge in [-0.05, 0) is 128 Å². The van der Waals surface area contributed by atoms with E-state index >= 15 is 0 Å². The van der Waals surface area contributed by atoms with Crippen LogP contribution in [0.25, 0.3) is 21.3 Å². The lowest BCUT2D eigenvalue weighted by atomic mass is 9.39. The zero-order valence-electron chi connectivity index (χ0n) is 56.4. The molecule has 102 heavy (non-hydrogen) atoms. The van der Waals surface area contributed by atoms with Crippen molar-refractivity contribution in [3.05, 3.63) is 125 Å². The average Bonchev–Trinajstić information content (AvgIpc) is 0.707. The molecule has 1 saturated heterocycles. The number of carboxylic acids is 2. The van der Waals surface area contributed by atoms with Crippen LogP contribution in [0.5, 0.6) is 11.5 Å². The molecule has 7 aliphatic rings. The van der Waals surface area contributed by atoms with Gasteiger partial charge >= 0.3 is 18.0 Å². The SMILES string of the molecule is Cc1c(-c2ccc(N3CCc4cccc(C(=O)Nc5nc6ccccc6s5)c4C3)nc2C(=O)O)cnn1CC12CC3(C)CC(C)(C1)CC(OCCN(CCCS(=O)(=O)O)C(=O)OCc1ccc(O[C@@H]4O[C@H](C(=O)O)[C@@H](O)[C@H](O)[C@@H]4O)cc1OCCOCCNC(=O)CCN1C(=O)C=CC1=O)(C3)C2. The zero-order valence-corrected chi connectivity index (χ0v) is 58.0. The summed E-state index contributed by atoms with van der Waals surface area (Å²) in [6.07, 6.45) is -1.40. The van der Waals surface area contributed by atoms with Crippen molar-refractivity contribution in [1.82, 2.24) is 34.9 Å². The fourth-order valence-electron chi connectivity index (χ4n) is 16.4. The van der Waals surface area contributed by atoms with Gasteiger partial charge in [0.1, 0.15) is 48.8 Å². The van der Waals surface area contributed by atoms with Crippen LogP contribution >= 0.6 is 11.3 Å². The Hall–Kier alpha value is -8.99. The van der Waals surface area contributed by atoms with E-state index in [1.54, 1.807) is 18.3 Å². The number of rotatable bonds is 30. The van der Waals surface area contributed by atoms with Crippen molar-refractivity contribution in [2.75, 3.05) is 75.1 Å². The molecule has 5 fully saturated rings. The van der Waals surface area contributed by atoms with Crippen molar-refractivity contribution in [2.24, 2.45) is 16.2 Å². The minimum absolute atomic E-state index is 0.0204. The number of carbonyl (C=O) groups excluding carboxylic acids is 5. The molecule has 3 aliphatic heterocycles. The number of aromatic nitrogens is 4. The first-order valence-corrected chi connectivity index (χ1v) is 36.0. The van der Waals surface area contributed by atoms with E-state index in [2.05, 4.69) is 29.5 Å². The summed E-state index contributed by atoms with van der Waals surface area (Å²) in [6, 6.07) is 21.0. The van der Waals surface area contributed by atoms with Crippen LogP contribution < -0.4 is 25.0 Å². The molecule has 0 spiro atoms. The molecule has 7 atom stereocenters. The van der Waals surface area contributed by atoms with Crippen molar-refractivity contribution < 1.29 is 100 Å². The number of thiazole rings is 1. The van der Waals surface area contributed by atoms with E-state index in [0.717, 1.165) is 76.2 Å². The number of aliphatic hydroxyl groups is 3. The van der Waals surface area contributed by atoms with Gasteiger partial charge in [0.2, 0.25) is 12.2 Å². The van der Waals surface area contributed by atoms with Crippen molar-refractivity contribution in [3.63, 3.8) is 0 Å². The molecule has 4 saturated carbocycles. The number of pyridine rings is 1. The third-order valence-corrected chi connectivity index (χ3v) is 21.6. The number of aliphatic carboxylic acids is 1. The van der Waals surface area contributed by atoms with Gasteiger partial charge in [-0.3, -0.25) is 38.6 Å². The topological polar surface area (TPSA) is 408 Å². The van der Waals surface area contributed by atoms with E-state index in [1.165, 1.54) is 34.4 Å². The van der Waals surface area contributed by atoms with E-state index in [0.29, 0.717) is 60.1 Å². The molecular weight excluding hydrogens is 1370 g/mol. The standard InChI is InChI=1S/C70H81N9O21S2/c1-41-47(45-14-15-52(74-56(45)62(87)88)77-22-18-42-8-6-9-46(48(42)32-77)61(86)75-65-73-49-10-4-5-11-51(49)101-65)31-72-79(41)40-69-35-67(2)34-68(3,36-69)38-70(37-67,39-69)98-26-24-76(21-7-29-102(92,93)94)66(91)97-33-43-12-13-44(99-64-59(85)57(83)58(84)60(100-64)63(89)90)30-50(43)96-28-27-95-25-20-71-53(80)19-23-78-54(81)16-17-55(78)82/h4-6,8-17,30-31,57-60,64,83-85H,7,18-29,32-40H2,1-3H3,(H,71,80)(H,87,88)(H,89,90)(H,73,75,86)(H,92,93,94)/t57-,58-,59-,60-,64+,67?,68?,69?,70?/m0/s1. The van der Waals surface area contributed by atoms with Crippen LogP contribution in [0.15, 0.2) is 91.1 Å². The number of hydrogen-bond acceptors (Lipinski definition) is 23. The Morgan fingerprint density at radius 3 is 2.33 bits per heavy atom. The lowest BCUT2D eigenvalue weighted by Crippen LogP contribution is -2.64. The number of carbonyl (C=O) groups is 7. The summed E-state index contributed by atoms with van der Waals surface area (Å²) in [5, 5.41) is 62.8. The number of nitrogens with one attached hydrogen (secondary N) is 2. The molecule has 4 aliphatic carbocycles. The highest BCUT2D eigenvalue weighted by Crippen LogP contribution is 2.72. The second kappa shape index (κ2) is 29.8. The molecule has 30 nitrogen and oxygen atoms in total. The van der Waals surface area contributed by atoms with Crippen LogP contribution in [0.4, 0.5) is 15.7 Å². The van der Waals surface area contributed by atoms with Gasteiger partial charge in [-0.15, -0.1) is 0 Å². The number of ether oxygens (including phenoxy) is 6. The predicted octanol–water partition coefficient (Wildman–Crippen LogP) is 5.53. The summed E-state index contributed by atoms with van der Waals surface area (Å²) in [5.41, 5.74) is 3.77. The average molecular weight is 1450 g/mol. The maximum atomic E-state index is 14.3. The number of para-hydroxylation sites is 1. The number of carboxylic acid groups (broad SMARTS) is 2. The summed E-state index contributed by atoms with van der Waals surface area (Å²) in [6.45, 7) is 7.02. The maximum Gasteiger partial charge on any atom is 0.410 e. The van der Waals surface area contributed by atoms with Crippen LogP contribution in [0, 0.1) is 23.2 Å². The molecule has 4 bridgehead atoms. The molecule has 0 radical (unpaired) electrons. The largest absolute Gasteiger partial charge is 0.491 e. The van der Waals surface area contributed by atoms with Crippen molar-refractivity contribution in [1.29, 1.82) is 0 Å². The molecule has 3 aromatic heterocycles. The van der Waals surface area contributed by atoms with Crippen LogP contribution in [-0.4, -0.2) is 211 Å². The van der Waals surface area contributed by atoms with Crippen LogP contribution in [0.1, 0.15) is 108 Å². The highest BCUT2D eigenvalue weighted by Gasteiger charge is 2.66. The minimum Gasteiger partial charge on any atom is -0.491 e. The van der Waals surface area contributed by atoms with Crippen LogP contribution in [-0.2, 0) is 74.4 Å². The third-order valence-electron chi connectivity index (χ3n) is 19.8. The molecule has 6 heterocycles. The highest BCUT2D eigenvalue weighted by atomic mass is 32.2. The van der Waals surface area contributed by atoms with Gasteiger partial charge in [0.05, 0.1) is 47.6 Å². The Kier molecular flexibility index (Phi) is 21.2. The molecular formula is C70H81N9O21S2. The summed E-state index contributed by atoms with van der Waals surface area (Å²) in [5.74, 6) is -4.82. The number of aromatic carboxylic acids is 1. The third kappa shape index (κ3) is 16.4. The van der Waals surface area contributed by atoms with E-state index in [1.807, 2.05) is 59.0 Å². The first-order chi connectivity index (χ1) is 48.6. The fraction of sp³-hybridized carbons (Fsp3) is 0.486. The van der Waals surface area contributed by atoms with Gasteiger partial charge in [0, 0.05) is 98.4 Å². The second-order valence-electron chi connectivity index (χ2n) is 28.0. The highest BCUT2D eigenvalue weighted by molar-refractivity contribution is 7.85. The minimum atomic E-state index is -4.44. The van der Waals surface area contributed by atoms with Gasteiger partial charge in [0.15, 0.2) is 16.9 Å².